The Morgan fingerprint density at radius 2 is 2.12 bits per heavy atom. The minimum Gasteiger partial charge on any atom is -0.494 e. The van der Waals surface area contributed by atoms with E-state index in [1.807, 2.05) is 24.3 Å². The first-order valence-corrected chi connectivity index (χ1v) is 8.61. The van der Waals surface area contributed by atoms with Gasteiger partial charge in [0.25, 0.3) is 0 Å². The van der Waals surface area contributed by atoms with E-state index in [0.29, 0.717) is 13.2 Å². The summed E-state index contributed by atoms with van der Waals surface area (Å²) in [5, 5.41) is 0. The molecular weight excluding hydrogens is 308 g/mol. The number of esters is 1. The molecule has 0 bridgehead atoms. The van der Waals surface area contributed by atoms with Crippen LogP contribution in [0, 0.1) is 0 Å². The molecule has 0 amide bonds. The number of fused-ring (bicyclic) bond motifs is 1. The molecule has 130 valence electrons. The Morgan fingerprint density at radius 3 is 2.92 bits per heavy atom. The highest BCUT2D eigenvalue weighted by Gasteiger charge is 2.43. The molecular formula is C19H24O5. The van der Waals surface area contributed by atoms with E-state index in [2.05, 4.69) is 6.92 Å². The highest BCUT2D eigenvalue weighted by Crippen LogP contribution is 2.28. The molecule has 5 heteroatoms. The second-order valence-electron chi connectivity index (χ2n) is 6.08. The van der Waals surface area contributed by atoms with Crippen molar-refractivity contribution in [3.63, 3.8) is 0 Å². The SMILES string of the molecule is CCCCOc1ccc(/C=C/C(=O)O[C@H]2CO[C@@H]3CCO[C@H]23)cc1. The Labute approximate surface area is 142 Å². The van der Waals surface area contributed by atoms with Crippen LogP contribution in [0.3, 0.4) is 0 Å². The molecule has 0 aromatic heterocycles. The average molecular weight is 332 g/mol. The fraction of sp³-hybridized carbons (Fsp3) is 0.526. The lowest BCUT2D eigenvalue weighted by molar-refractivity contribution is -0.147. The Morgan fingerprint density at radius 1 is 1.29 bits per heavy atom. The third-order valence-corrected chi connectivity index (χ3v) is 4.25. The van der Waals surface area contributed by atoms with Crippen molar-refractivity contribution in [2.45, 2.75) is 44.5 Å². The lowest BCUT2D eigenvalue weighted by atomic mass is 10.1. The molecule has 0 aliphatic carbocycles. The number of carbonyl (C=O) groups excluding carboxylic acids is 1. The third-order valence-electron chi connectivity index (χ3n) is 4.25. The monoisotopic (exact) mass is 332 g/mol. The van der Waals surface area contributed by atoms with E-state index in [1.165, 1.54) is 6.08 Å². The van der Waals surface area contributed by atoms with Gasteiger partial charge < -0.3 is 18.9 Å². The summed E-state index contributed by atoms with van der Waals surface area (Å²) in [6.07, 6.45) is 5.88. The highest BCUT2D eigenvalue weighted by molar-refractivity contribution is 5.87. The maximum Gasteiger partial charge on any atom is 0.331 e. The van der Waals surface area contributed by atoms with Gasteiger partial charge in [0.15, 0.2) is 6.10 Å². The molecule has 2 saturated heterocycles. The van der Waals surface area contributed by atoms with Gasteiger partial charge in [-0.15, -0.1) is 0 Å². The van der Waals surface area contributed by atoms with Gasteiger partial charge in [-0.2, -0.15) is 0 Å². The summed E-state index contributed by atoms with van der Waals surface area (Å²) in [5.74, 6) is 0.471. The fourth-order valence-electron chi connectivity index (χ4n) is 2.89. The molecule has 2 heterocycles. The Balaban J connectivity index is 1.47. The van der Waals surface area contributed by atoms with Gasteiger partial charge in [0.1, 0.15) is 11.9 Å². The number of ether oxygens (including phenoxy) is 4. The van der Waals surface area contributed by atoms with Gasteiger partial charge in [-0.3, -0.25) is 0 Å². The first kappa shape index (κ1) is 17.0. The zero-order valence-corrected chi connectivity index (χ0v) is 14.0. The standard InChI is InChI=1S/C19H24O5/c1-2-3-11-21-15-7-4-14(5-8-15)6-9-18(20)24-17-13-23-16-10-12-22-19(16)17/h4-9,16-17,19H,2-3,10-13H2,1H3/b9-6+/t16-,17+,19+/m1/s1. The fourth-order valence-corrected chi connectivity index (χ4v) is 2.89. The van der Waals surface area contributed by atoms with E-state index in [-0.39, 0.29) is 24.3 Å². The van der Waals surface area contributed by atoms with Crippen molar-refractivity contribution in [3.05, 3.63) is 35.9 Å². The van der Waals surface area contributed by atoms with Crippen LogP contribution in [0.5, 0.6) is 5.75 Å². The Bertz CT molecular complexity index is 566. The molecule has 0 radical (unpaired) electrons. The minimum atomic E-state index is -0.372. The molecule has 0 spiro atoms. The lowest BCUT2D eigenvalue weighted by Gasteiger charge is -2.15. The van der Waals surface area contributed by atoms with Crippen LogP contribution in [-0.2, 0) is 19.0 Å². The first-order valence-electron chi connectivity index (χ1n) is 8.61. The zero-order chi connectivity index (χ0) is 16.8. The average Bonchev–Trinajstić information content (AvgIpc) is 3.20. The van der Waals surface area contributed by atoms with Crippen LogP contribution >= 0.6 is 0 Å². The number of hydrogen-bond donors (Lipinski definition) is 0. The molecule has 0 N–H and O–H groups in total. The van der Waals surface area contributed by atoms with Gasteiger partial charge in [0, 0.05) is 12.7 Å². The number of carbonyl (C=O) groups is 1. The summed E-state index contributed by atoms with van der Waals surface area (Å²) in [7, 11) is 0. The third kappa shape index (κ3) is 4.36. The van der Waals surface area contributed by atoms with Gasteiger partial charge in [-0.05, 0) is 36.6 Å². The molecule has 2 aliphatic heterocycles. The van der Waals surface area contributed by atoms with E-state index in [9.17, 15) is 4.79 Å². The normalized spacial score (nSPS) is 25.8. The number of unbranched alkanes of at least 4 members (excludes halogenated alkanes) is 1. The second-order valence-corrected chi connectivity index (χ2v) is 6.08. The van der Waals surface area contributed by atoms with E-state index in [0.717, 1.165) is 37.2 Å². The van der Waals surface area contributed by atoms with E-state index >= 15 is 0 Å². The molecule has 5 nitrogen and oxygen atoms in total. The summed E-state index contributed by atoms with van der Waals surface area (Å²) in [5.41, 5.74) is 0.924. The molecule has 0 unspecified atom stereocenters. The first-order chi connectivity index (χ1) is 11.8. The molecule has 1 aromatic rings. The molecule has 2 aliphatic rings. The zero-order valence-electron chi connectivity index (χ0n) is 14.0. The molecule has 3 rings (SSSR count). The predicted octanol–water partition coefficient (Wildman–Crippen LogP) is 2.98. The van der Waals surface area contributed by atoms with Crippen molar-refractivity contribution >= 4 is 12.0 Å². The van der Waals surface area contributed by atoms with Crippen molar-refractivity contribution in [1.29, 1.82) is 0 Å². The number of hydrogen-bond acceptors (Lipinski definition) is 5. The van der Waals surface area contributed by atoms with Crippen LogP contribution < -0.4 is 4.74 Å². The maximum atomic E-state index is 12.0. The maximum absolute atomic E-state index is 12.0. The number of benzene rings is 1. The Kier molecular flexibility index (Phi) is 5.88. The van der Waals surface area contributed by atoms with Crippen molar-refractivity contribution in [2.75, 3.05) is 19.8 Å². The van der Waals surface area contributed by atoms with Gasteiger partial charge in [-0.1, -0.05) is 25.5 Å². The largest absolute Gasteiger partial charge is 0.494 e. The van der Waals surface area contributed by atoms with Gasteiger partial charge in [0.2, 0.25) is 0 Å². The van der Waals surface area contributed by atoms with Crippen LogP contribution in [0.25, 0.3) is 6.08 Å². The van der Waals surface area contributed by atoms with Crippen molar-refractivity contribution in [3.8, 4) is 5.75 Å². The molecule has 2 fully saturated rings. The summed E-state index contributed by atoms with van der Waals surface area (Å²) in [6.45, 7) is 3.95. The smallest absolute Gasteiger partial charge is 0.331 e. The highest BCUT2D eigenvalue weighted by atomic mass is 16.6. The van der Waals surface area contributed by atoms with Crippen LogP contribution in [0.2, 0.25) is 0 Å². The van der Waals surface area contributed by atoms with Gasteiger partial charge >= 0.3 is 5.97 Å². The quantitative estimate of drug-likeness (QED) is 0.436. The van der Waals surface area contributed by atoms with Gasteiger partial charge in [-0.25, -0.2) is 4.79 Å². The predicted molar refractivity (Wildman–Crippen MR) is 89.9 cm³/mol. The minimum absolute atomic E-state index is 0.0760. The van der Waals surface area contributed by atoms with Gasteiger partial charge in [0.05, 0.1) is 19.3 Å². The van der Waals surface area contributed by atoms with E-state index < -0.39 is 0 Å². The van der Waals surface area contributed by atoms with E-state index in [4.69, 9.17) is 18.9 Å². The van der Waals surface area contributed by atoms with E-state index in [1.54, 1.807) is 6.08 Å². The summed E-state index contributed by atoms with van der Waals surface area (Å²) < 4.78 is 22.2. The number of rotatable bonds is 7. The molecule has 3 atom stereocenters. The summed E-state index contributed by atoms with van der Waals surface area (Å²) in [4.78, 5) is 12.0. The summed E-state index contributed by atoms with van der Waals surface area (Å²) >= 11 is 0. The Hall–Kier alpha value is -1.85. The molecule has 24 heavy (non-hydrogen) atoms. The van der Waals surface area contributed by atoms with Crippen LogP contribution in [0.4, 0.5) is 0 Å². The lowest BCUT2D eigenvalue weighted by Crippen LogP contribution is -2.31. The topological polar surface area (TPSA) is 54.0 Å². The van der Waals surface area contributed by atoms with Crippen molar-refractivity contribution in [2.24, 2.45) is 0 Å². The molecule has 0 saturated carbocycles. The van der Waals surface area contributed by atoms with Crippen molar-refractivity contribution < 1.29 is 23.7 Å². The van der Waals surface area contributed by atoms with Crippen LogP contribution in [0.15, 0.2) is 30.3 Å². The summed E-state index contributed by atoms with van der Waals surface area (Å²) in [6, 6.07) is 7.64. The second kappa shape index (κ2) is 8.31. The van der Waals surface area contributed by atoms with Crippen LogP contribution in [-0.4, -0.2) is 44.1 Å². The van der Waals surface area contributed by atoms with Crippen molar-refractivity contribution in [1.82, 2.24) is 0 Å². The molecule has 1 aromatic carbocycles. The van der Waals surface area contributed by atoms with Crippen LogP contribution in [0.1, 0.15) is 31.7 Å².